The van der Waals surface area contributed by atoms with Gasteiger partial charge in [-0.25, -0.2) is 0 Å². The van der Waals surface area contributed by atoms with E-state index >= 15 is 0 Å². The number of piperidine rings is 1. The Hall–Kier alpha value is -2.04. The van der Waals surface area contributed by atoms with E-state index in [2.05, 4.69) is 0 Å². The zero-order valence-electron chi connectivity index (χ0n) is 11.4. The third-order valence-corrected chi connectivity index (χ3v) is 3.78. The second-order valence-corrected chi connectivity index (χ2v) is 5.13. The lowest BCUT2D eigenvalue weighted by Gasteiger charge is -2.32. The molecular formula is C15H18N2O3. The van der Waals surface area contributed by atoms with Crippen LogP contribution in [0.4, 0.5) is 5.69 Å². The fourth-order valence-electron chi connectivity index (χ4n) is 2.71. The van der Waals surface area contributed by atoms with Crippen LogP contribution in [0.2, 0.25) is 0 Å². The maximum absolute atomic E-state index is 12.5. The minimum absolute atomic E-state index is 0.0315. The SMILES string of the molecule is O=C1CCCCN1CC(=O)N1CCOc2ccccc21. The second kappa shape index (κ2) is 5.53. The Morgan fingerprint density at radius 2 is 2.05 bits per heavy atom. The lowest BCUT2D eigenvalue weighted by molar-refractivity contribution is -0.137. The third-order valence-electron chi connectivity index (χ3n) is 3.78. The molecular weight excluding hydrogens is 256 g/mol. The molecule has 2 aliphatic heterocycles. The van der Waals surface area contributed by atoms with Crippen molar-refractivity contribution in [3.63, 3.8) is 0 Å². The first kappa shape index (κ1) is 13.0. The molecule has 5 heteroatoms. The average Bonchev–Trinajstić information content (AvgIpc) is 2.49. The molecule has 2 amide bonds. The molecule has 20 heavy (non-hydrogen) atoms. The minimum atomic E-state index is -0.0315. The average molecular weight is 274 g/mol. The molecule has 0 unspecified atom stereocenters. The summed E-state index contributed by atoms with van der Waals surface area (Å²) in [4.78, 5) is 27.6. The molecule has 2 heterocycles. The maximum atomic E-state index is 12.5. The molecule has 106 valence electrons. The van der Waals surface area contributed by atoms with Crippen LogP contribution in [0, 0.1) is 0 Å². The molecule has 0 saturated carbocycles. The molecule has 1 aromatic carbocycles. The topological polar surface area (TPSA) is 49.9 Å². The van der Waals surface area contributed by atoms with Crippen LogP contribution in [-0.4, -0.2) is 43.0 Å². The fourth-order valence-corrected chi connectivity index (χ4v) is 2.71. The molecule has 0 radical (unpaired) electrons. The Bertz CT molecular complexity index is 530. The zero-order valence-corrected chi connectivity index (χ0v) is 11.4. The first-order valence-electron chi connectivity index (χ1n) is 7.06. The highest BCUT2D eigenvalue weighted by molar-refractivity contribution is 5.98. The van der Waals surface area contributed by atoms with Gasteiger partial charge in [0.1, 0.15) is 18.9 Å². The third kappa shape index (κ3) is 2.48. The summed E-state index contributed by atoms with van der Waals surface area (Å²) in [5, 5.41) is 0. The van der Waals surface area contributed by atoms with Gasteiger partial charge in [0.05, 0.1) is 12.2 Å². The van der Waals surface area contributed by atoms with Gasteiger partial charge in [-0.2, -0.15) is 0 Å². The molecule has 2 aliphatic rings. The van der Waals surface area contributed by atoms with E-state index in [9.17, 15) is 9.59 Å². The normalized spacial score (nSPS) is 18.5. The number of hydrogen-bond acceptors (Lipinski definition) is 3. The quantitative estimate of drug-likeness (QED) is 0.819. The number of amides is 2. The molecule has 1 fully saturated rings. The van der Waals surface area contributed by atoms with Crippen molar-refractivity contribution < 1.29 is 14.3 Å². The number of rotatable bonds is 2. The molecule has 0 atom stereocenters. The van der Waals surface area contributed by atoms with Crippen molar-refractivity contribution >= 4 is 17.5 Å². The van der Waals surface area contributed by atoms with Crippen LogP contribution in [0.15, 0.2) is 24.3 Å². The van der Waals surface area contributed by atoms with E-state index in [-0.39, 0.29) is 18.4 Å². The summed E-state index contributed by atoms with van der Waals surface area (Å²) >= 11 is 0. The molecule has 1 aromatic rings. The second-order valence-electron chi connectivity index (χ2n) is 5.13. The van der Waals surface area contributed by atoms with Gasteiger partial charge in [0, 0.05) is 13.0 Å². The Labute approximate surface area is 118 Å². The van der Waals surface area contributed by atoms with E-state index in [0.717, 1.165) is 24.3 Å². The van der Waals surface area contributed by atoms with E-state index in [1.807, 2.05) is 24.3 Å². The van der Waals surface area contributed by atoms with Crippen molar-refractivity contribution in [3.05, 3.63) is 24.3 Å². The van der Waals surface area contributed by atoms with Gasteiger partial charge in [-0.3, -0.25) is 9.59 Å². The molecule has 0 N–H and O–H groups in total. The van der Waals surface area contributed by atoms with Crippen LogP contribution in [0.3, 0.4) is 0 Å². The Kier molecular flexibility index (Phi) is 3.58. The van der Waals surface area contributed by atoms with Crippen LogP contribution < -0.4 is 9.64 Å². The molecule has 0 aliphatic carbocycles. The van der Waals surface area contributed by atoms with Crippen molar-refractivity contribution in [1.29, 1.82) is 0 Å². The van der Waals surface area contributed by atoms with Gasteiger partial charge in [0.2, 0.25) is 11.8 Å². The largest absolute Gasteiger partial charge is 0.490 e. The van der Waals surface area contributed by atoms with Gasteiger partial charge in [0.15, 0.2) is 0 Å². The van der Waals surface area contributed by atoms with Gasteiger partial charge in [-0.15, -0.1) is 0 Å². The summed E-state index contributed by atoms with van der Waals surface area (Å²) in [6, 6.07) is 7.52. The molecule has 0 bridgehead atoms. The predicted molar refractivity (Wildman–Crippen MR) is 74.7 cm³/mol. The Morgan fingerprint density at radius 3 is 2.90 bits per heavy atom. The van der Waals surface area contributed by atoms with E-state index in [0.29, 0.717) is 26.1 Å². The molecule has 5 nitrogen and oxygen atoms in total. The summed E-state index contributed by atoms with van der Waals surface area (Å²) < 4.78 is 5.54. The van der Waals surface area contributed by atoms with Crippen LogP contribution in [0.25, 0.3) is 0 Å². The van der Waals surface area contributed by atoms with Crippen molar-refractivity contribution in [1.82, 2.24) is 4.90 Å². The zero-order chi connectivity index (χ0) is 13.9. The van der Waals surface area contributed by atoms with Crippen molar-refractivity contribution in [2.24, 2.45) is 0 Å². The monoisotopic (exact) mass is 274 g/mol. The number of likely N-dealkylation sites (tertiary alicyclic amines) is 1. The first-order chi connectivity index (χ1) is 9.75. The summed E-state index contributed by atoms with van der Waals surface area (Å²) in [6.07, 6.45) is 2.48. The fraction of sp³-hybridized carbons (Fsp3) is 0.467. The van der Waals surface area contributed by atoms with Gasteiger partial charge < -0.3 is 14.5 Å². The summed E-state index contributed by atoms with van der Waals surface area (Å²) in [5.41, 5.74) is 0.799. The number of hydrogen-bond donors (Lipinski definition) is 0. The lowest BCUT2D eigenvalue weighted by atomic mass is 10.1. The van der Waals surface area contributed by atoms with Gasteiger partial charge in [-0.05, 0) is 25.0 Å². The summed E-state index contributed by atoms with van der Waals surface area (Å²) in [6.45, 7) is 1.90. The van der Waals surface area contributed by atoms with Crippen LogP contribution in [-0.2, 0) is 9.59 Å². The van der Waals surface area contributed by atoms with Crippen LogP contribution >= 0.6 is 0 Å². The van der Waals surface area contributed by atoms with Gasteiger partial charge in [-0.1, -0.05) is 12.1 Å². The minimum Gasteiger partial charge on any atom is -0.490 e. The first-order valence-corrected chi connectivity index (χ1v) is 7.06. The molecule has 3 rings (SSSR count). The highest BCUT2D eigenvalue weighted by Crippen LogP contribution is 2.31. The van der Waals surface area contributed by atoms with Gasteiger partial charge in [0.25, 0.3) is 0 Å². The number of benzene rings is 1. The lowest BCUT2D eigenvalue weighted by Crippen LogP contribution is -2.47. The van der Waals surface area contributed by atoms with E-state index in [1.54, 1.807) is 9.80 Å². The number of nitrogens with zero attached hydrogens (tertiary/aromatic N) is 2. The maximum Gasteiger partial charge on any atom is 0.246 e. The summed E-state index contributed by atoms with van der Waals surface area (Å²) in [5.74, 6) is 0.791. The van der Waals surface area contributed by atoms with Crippen molar-refractivity contribution in [2.45, 2.75) is 19.3 Å². The molecule has 1 saturated heterocycles. The van der Waals surface area contributed by atoms with Gasteiger partial charge >= 0.3 is 0 Å². The smallest absolute Gasteiger partial charge is 0.246 e. The molecule has 0 aromatic heterocycles. The van der Waals surface area contributed by atoms with E-state index < -0.39 is 0 Å². The predicted octanol–water partition coefficient (Wildman–Crippen LogP) is 1.42. The number of anilines is 1. The number of para-hydroxylation sites is 2. The number of ether oxygens (including phenoxy) is 1. The standard InChI is InChI=1S/C15H18N2O3/c18-14-7-3-4-8-16(14)11-15(19)17-9-10-20-13-6-2-1-5-12(13)17/h1-2,5-6H,3-4,7-11H2. The Balaban J connectivity index is 1.73. The molecule has 0 spiro atoms. The Morgan fingerprint density at radius 1 is 1.20 bits per heavy atom. The number of fused-ring (bicyclic) bond motifs is 1. The number of carbonyl (C=O) groups is 2. The van der Waals surface area contributed by atoms with Crippen molar-refractivity contribution in [3.8, 4) is 5.75 Å². The van der Waals surface area contributed by atoms with E-state index in [1.165, 1.54) is 0 Å². The highest BCUT2D eigenvalue weighted by Gasteiger charge is 2.27. The summed E-state index contributed by atoms with van der Waals surface area (Å²) in [7, 11) is 0. The van der Waals surface area contributed by atoms with Crippen LogP contribution in [0.5, 0.6) is 5.75 Å². The van der Waals surface area contributed by atoms with E-state index in [4.69, 9.17) is 4.74 Å². The highest BCUT2D eigenvalue weighted by atomic mass is 16.5. The van der Waals surface area contributed by atoms with Crippen LogP contribution in [0.1, 0.15) is 19.3 Å². The number of carbonyl (C=O) groups excluding carboxylic acids is 2. The van der Waals surface area contributed by atoms with Crippen molar-refractivity contribution in [2.75, 3.05) is 31.1 Å².